The van der Waals surface area contributed by atoms with Crippen LogP contribution in [0.3, 0.4) is 0 Å². The second kappa shape index (κ2) is 10.9. The van der Waals surface area contributed by atoms with Gasteiger partial charge >= 0.3 is 0 Å². The number of nitrogens with zero attached hydrogens (tertiary/aromatic N) is 3. The van der Waals surface area contributed by atoms with Gasteiger partial charge in [0.05, 0.1) is 42.5 Å². The van der Waals surface area contributed by atoms with Crippen LogP contribution in [-0.4, -0.2) is 36.2 Å². The van der Waals surface area contributed by atoms with Crippen molar-refractivity contribution in [2.75, 3.05) is 31.6 Å². The molecule has 188 valence electrons. The SMILES string of the molecule is N#Cc1cnc2cc(-c3ccc(CN4CCOCC4)cc3)ccc2c1Nc1ccc(Cc2ccoc2)cc1. The van der Waals surface area contributed by atoms with Gasteiger partial charge in [-0.1, -0.05) is 48.5 Å². The van der Waals surface area contributed by atoms with Crippen molar-refractivity contribution in [3.05, 3.63) is 114 Å². The molecule has 0 atom stereocenters. The first-order valence-corrected chi connectivity index (χ1v) is 12.8. The van der Waals surface area contributed by atoms with Gasteiger partial charge in [0, 0.05) is 43.3 Å². The van der Waals surface area contributed by atoms with Crippen LogP contribution in [0.4, 0.5) is 11.4 Å². The predicted octanol–water partition coefficient (Wildman–Crippen LogP) is 6.53. The Hall–Kier alpha value is -4.44. The summed E-state index contributed by atoms with van der Waals surface area (Å²) < 4.78 is 10.6. The molecule has 6 rings (SSSR count). The van der Waals surface area contributed by atoms with Crippen molar-refractivity contribution in [2.24, 2.45) is 0 Å². The molecule has 0 bridgehead atoms. The van der Waals surface area contributed by atoms with E-state index in [0.717, 1.165) is 78.2 Å². The number of aromatic nitrogens is 1. The zero-order valence-electron chi connectivity index (χ0n) is 21.1. The van der Waals surface area contributed by atoms with Crippen molar-refractivity contribution in [2.45, 2.75) is 13.0 Å². The molecule has 0 amide bonds. The fourth-order valence-corrected chi connectivity index (χ4v) is 4.89. The van der Waals surface area contributed by atoms with Crippen LogP contribution in [0.1, 0.15) is 22.3 Å². The third-order valence-corrected chi connectivity index (χ3v) is 7.00. The highest BCUT2D eigenvalue weighted by atomic mass is 16.5. The van der Waals surface area contributed by atoms with Crippen molar-refractivity contribution in [3.63, 3.8) is 0 Å². The maximum absolute atomic E-state index is 9.77. The summed E-state index contributed by atoms with van der Waals surface area (Å²) in [5.41, 5.74) is 8.93. The van der Waals surface area contributed by atoms with Crippen LogP contribution in [-0.2, 0) is 17.7 Å². The molecule has 2 aromatic heterocycles. The van der Waals surface area contributed by atoms with Gasteiger partial charge in [-0.25, -0.2) is 0 Å². The van der Waals surface area contributed by atoms with Crippen LogP contribution in [0.25, 0.3) is 22.0 Å². The van der Waals surface area contributed by atoms with Crippen LogP contribution in [0.2, 0.25) is 0 Å². The summed E-state index contributed by atoms with van der Waals surface area (Å²) in [4.78, 5) is 7.02. The van der Waals surface area contributed by atoms with Crippen LogP contribution < -0.4 is 5.32 Å². The van der Waals surface area contributed by atoms with Gasteiger partial charge in [0.1, 0.15) is 6.07 Å². The molecule has 0 saturated carbocycles. The molecule has 1 aliphatic rings. The largest absolute Gasteiger partial charge is 0.472 e. The molecular weight excluding hydrogens is 472 g/mol. The number of fused-ring (bicyclic) bond motifs is 1. The maximum atomic E-state index is 9.77. The summed E-state index contributed by atoms with van der Waals surface area (Å²) in [6, 6.07) is 27.5. The number of anilines is 2. The third-order valence-electron chi connectivity index (χ3n) is 7.00. The second-order valence-corrected chi connectivity index (χ2v) is 9.61. The number of benzene rings is 3. The molecule has 1 fully saturated rings. The Morgan fingerprint density at radius 2 is 1.63 bits per heavy atom. The lowest BCUT2D eigenvalue weighted by molar-refractivity contribution is 0.0342. The fourth-order valence-electron chi connectivity index (χ4n) is 4.89. The summed E-state index contributed by atoms with van der Waals surface area (Å²) in [7, 11) is 0. The molecule has 6 heteroatoms. The Bertz CT molecular complexity index is 1560. The lowest BCUT2D eigenvalue weighted by Crippen LogP contribution is -2.35. The maximum Gasteiger partial charge on any atom is 0.103 e. The molecule has 0 unspecified atom stereocenters. The summed E-state index contributed by atoms with van der Waals surface area (Å²) in [6.07, 6.45) is 5.92. The Morgan fingerprint density at radius 1 is 0.868 bits per heavy atom. The highest BCUT2D eigenvalue weighted by Crippen LogP contribution is 2.32. The quantitative estimate of drug-likeness (QED) is 0.274. The number of hydrogen-bond acceptors (Lipinski definition) is 6. The predicted molar refractivity (Wildman–Crippen MR) is 149 cm³/mol. The summed E-state index contributed by atoms with van der Waals surface area (Å²) in [5.74, 6) is 0. The van der Waals surface area contributed by atoms with Crippen LogP contribution in [0, 0.1) is 11.3 Å². The van der Waals surface area contributed by atoms with Crippen LogP contribution in [0.5, 0.6) is 0 Å². The zero-order chi connectivity index (χ0) is 25.7. The molecular formula is C32H28N4O2. The minimum absolute atomic E-state index is 0.514. The lowest BCUT2D eigenvalue weighted by Gasteiger charge is -2.26. The van der Waals surface area contributed by atoms with E-state index in [9.17, 15) is 5.26 Å². The Morgan fingerprint density at radius 3 is 2.37 bits per heavy atom. The van der Waals surface area contributed by atoms with Crippen molar-refractivity contribution < 1.29 is 9.15 Å². The average Bonchev–Trinajstić information content (AvgIpc) is 3.48. The molecule has 1 saturated heterocycles. The van der Waals surface area contributed by atoms with E-state index in [-0.39, 0.29) is 0 Å². The molecule has 0 radical (unpaired) electrons. The molecule has 38 heavy (non-hydrogen) atoms. The van der Waals surface area contributed by atoms with Crippen LogP contribution in [0.15, 0.2) is 95.9 Å². The van der Waals surface area contributed by atoms with Crippen molar-refractivity contribution in [1.29, 1.82) is 5.26 Å². The molecule has 6 nitrogen and oxygen atoms in total. The molecule has 0 aliphatic carbocycles. The van der Waals surface area contributed by atoms with Gasteiger partial charge in [-0.2, -0.15) is 5.26 Å². The van der Waals surface area contributed by atoms with Crippen LogP contribution >= 0.6 is 0 Å². The number of pyridine rings is 1. The average molecular weight is 501 g/mol. The second-order valence-electron chi connectivity index (χ2n) is 9.61. The normalized spacial score (nSPS) is 13.9. The standard InChI is InChI=1S/C32H28N4O2/c33-19-28-20-34-31-18-27(26-5-1-24(2-6-26)21-36-12-15-37-16-13-36)7-10-30(31)32(28)35-29-8-3-23(4-9-29)17-25-11-14-38-22-25/h1-11,14,18,20,22H,12-13,15-17,21H2,(H,34,35). The van der Waals surface area contributed by atoms with Crippen molar-refractivity contribution >= 4 is 22.3 Å². The van der Waals surface area contributed by atoms with E-state index in [1.807, 2.05) is 18.2 Å². The fraction of sp³-hybridized carbons (Fsp3) is 0.188. The number of hydrogen-bond donors (Lipinski definition) is 1. The third kappa shape index (κ3) is 5.30. The van der Waals surface area contributed by atoms with E-state index in [4.69, 9.17) is 9.15 Å². The van der Waals surface area contributed by atoms with Gasteiger partial charge in [0.15, 0.2) is 0 Å². The number of ether oxygens (including phenoxy) is 1. The lowest BCUT2D eigenvalue weighted by atomic mass is 10.0. The highest BCUT2D eigenvalue weighted by molar-refractivity contribution is 5.97. The van der Waals surface area contributed by atoms with E-state index in [2.05, 4.69) is 75.9 Å². The summed E-state index contributed by atoms with van der Waals surface area (Å²) >= 11 is 0. The number of rotatable bonds is 7. The van der Waals surface area contributed by atoms with Gasteiger partial charge in [-0.15, -0.1) is 0 Å². The summed E-state index contributed by atoms with van der Waals surface area (Å²) in [5, 5.41) is 14.1. The monoisotopic (exact) mass is 500 g/mol. The molecule has 1 N–H and O–H groups in total. The minimum atomic E-state index is 0.514. The Labute approximate surface area is 222 Å². The highest BCUT2D eigenvalue weighted by Gasteiger charge is 2.13. The van der Waals surface area contributed by atoms with E-state index in [0.29, 0.717) is 5.56 Å². The van der Waals surface area contributed by atoms with Gasteiger partial charge in [-0.05, 0) is 52.1 Å². The Balaban J connectivity index is 1.22. The molecule has 3 heterocycles. The Kier molecular flexibility index (Phi) is 6.86. The van der Waals surface area contributed by atoms with E-state index < -0.39 is 0 Å². The molecule has 5 aromatic rings. The minimum Gasteiger partial charge on any atom is -0.472 e. The number of morpholine rings is 1. The zero-order valence-corrected chi connectivity index (χ0v) is 21.1. The first kappa shape index (κ1) is 23.9. The van der Waals surface area contributed by atoms with Gasteiger partial charge in [0.2, 0.25) is 0 Å². The first-order valence-electron chi connectivity index (χ1n) is 12.8. The van der Waals surface area contributed by atoms with E-state index in [1.165, 1.54) is 11.1 Å². The van der Waals surface area contributed by atoms with Gasteiger partial charge in [0.25, 0.3) is 0 Å². The van der Waals surface area contributed by atoms with Gasteiger partial charge in [-0.3, -0.25) is 9.88 Å². The van der Waals surface area contributed by atoms with Gasteiger partial charge < -0.3 is 14.5 Å². The van der Waals surface area contributed by atoms with Crippen molar-refractivity contribution in [3.8, 4) is 17.2 Å². The number of nitriles is 1. The van der Waals surface area contributed by atoms with Crippen molar-refractivity contribution in [1.82, 2.24) is 9.88 Å². The molecule has 0 spiro atoms. The number of nitrogens with one attached hydrogen (secondary N) is 1. The molecule has 3 aromatic carbocycles. The topological polar surface area (TPSA) is 74.3 Å². The van der Waals surface area contributed by atoms with E-state index >= 15 is 0 Å². The smallest absolute Gasteiger partial charge is 0.103 e. The summed E-state index contributed by atoms with van der Waals surface area (Å²) in [6.45, 7) is 4.52. The number of furan rings is 1. The van der Waals surface area contributed by atoms with E-state index in [1.54, 1.807) is 18.7 Å². The first-order chi connectivity index (χ1) is 18.7. The molecule has 1 aliphatic heterocycles.